The summed E-state index contributed by atoms with van der Waals surface area (Å²) in [5, 5.41) is 0. The highest BCUT2D eigenvalue weighted by Crippen LogP contribution is 2.11. The van der Waals surface area contributed by atoms with Crippen LogP contribution in [0.5, 0.6) is 5.75 Å². The fourth-order valence-electron chi connectivity index (χ4n) is 1.07. The monoisotopic (exact) mass is 203 g/mol. The Kier molecular flexibility index (Phi) is 2.49. The number of ether oxygens (including phenoxy) is 1. The SMILES string of the molecule is Cc1ccc(OC(=O)c2ccco2)cn1. The summed E-state index contributed by atoms with van der Waals surface area (Å²) in [6, 6.07) is 6.63. The van der Waals surface area contributed by atoms with E-state index in [1.807, 2.05) is 6.92 Å². The minimum Gasteiger partial charge on any atom is -0.457 e. The van der Waals surface area contributed by atoms with E-state index in [4.69, 9.17) is 9.15 Å². The molecule has 15 heavy (non-hydrogen) atoms. The summed E-state index contributed by atoms with van der Waals surface area (Å²) in [5.74, 6) is 0.0585. The number of carbonyl (C=O) groups is 1. The Morgan fingerprint density at radius 1 is 1.40 bits per heavy atom. The molecule has 0 N–H and O–H groups in total. The molecule has 0 amide bonds. The molecule has 0 aliphatic carbocycles. The zero-order chi connectivity index (χ0) is 10.7. The van der Waals surface area contributed by atoms with Crippen molar-refractivity contribution in [2.45, 2.75) is 6.92 Å². The molecule has 0 unspecified atom stereocenters. The summed E-state index contributed by atoms with van der Waals surface area (Å²) < 4.78 is 9.91. The first-order valence-corrected chi connectivity index (χ1v) is 4.44. The molecule has 2 aromatic heterocycles. The molecule has 0 saturated carbocycles. The van der Waals surface area contributed by atoms with Crippen LogP contribution in [0.25, 0.3) is 0 Å². The van der Waals surface area contributed by atoms with Crippen LogP contribution < -0.4 is 4.74 Å². The van der Waals surface area contributed by atoms with E-state index in [0.29, 0.717) is 5.75 Å². The second kappa shape index (κ2) is 3.96. The van der Waals surface area contributed by atoms with Gasteiger partial charge in [-0.05, 0) is 31.2 Å². The highest BCUT2D eigenvalue weighted by Gasteiger charge is 2.10. The van der Waals surface area contributed by atoms with Gasteiger partial charge in [-0.15, -0.1) is 0 Å². The number of furan rings is 1. The molecule has 0 fully saturated rings. The molecule has 2 heterocycles. The summed E-state index contributed by atoms with van der Waals surface area (Å²) in [6.45, 7) is 1.86. The number of aryl methyl sites for hydroxylation is 1. The zero-order valence-corrected chi connectivity index (χ0v) is 8.14. The van der Waals surface area contributed by atoms with Gasteiger partial charge in [-0.2, -0.15) is 0 Å². The van der Waals surface area contributed by atoms with E-state index in [1.54, 1.807) is 24.3 Å². The van der Waals surface area contributed by atoms with Crippen molar-refractivity contribution < 1.29 is 13.9 Å². The van der Waals surface area contributed by atoms with Gasteiger partial charge in [0.25, 0.3) is 0 Å². The third-order valence-corrected chi connectivity index (χ3v) is 1.82. The van der Waals surface area contributed by atoms with Crippen molar-refractivity contribution in [2.24, 2.45) is 0 Å². The maximum atomic E-state index is 11.4. The first-order valence-electron chi connectivity index (χ1n) is 4.44. The second-order valence-electron chi connectivity index (χ2n) is 3.00. The number of hydrogen-bond acceptors (Lipinski definition) is 4. The third kappa shape index (κ3) is 2.22. The normalized spacial score (nSPS) is 9.93. The number of nitrogens with zero attached hydrogens (tertiary/aromatic N) is 1. The summed E-state index contributed by atoms with van der Waals surface area (Å²) in [6.07, 6.45) is 2.92. The Balaban J connectivity index is 2.09. The van der Waals surface area contributed by atoms with Crippen LogP contribution in [0, 0.1) is 6.92 Å². The topological polar surface area (TPSA) is 52.3 Å². The van der Waals surface area contributed by atoms with E-state index in [2.05, 4.69) is 4.98 Å². The standard InChI is InChI=1S/C11H9NO3/c1-8-4-5-9(7-12-8)15-11(13)10-3-2-6-14-10/h2-7H,1H3. The second-order valence-corrected chi connectivity index (χ2v) is 3.00. The predicted octanol–water partition coefficient (Wildman–Crippen LogP) is 2.20. The highest BCUT2D eigenvalue weighted by atomic mass is 16.5. The van der Waals surface area contributed by atoms with Crippen LogP contribution in [-0.4, -0.2) is 11.0 Å². The van der Waals surface area contributed by atoms with Gasteiger partial charge in [0.15, 0.2) is 0 Å². The van der Waals surface area contributed by atoms with Crippen LogP contribution in [0.2, 0.25) is 0 Å². The van der Waals surface area contributed by atoms with Crippen molar-refractivity contribution in [1.82, 2.24) is 4.98 Å². The van der Waals surface area contributed by atoms with E-state index in [0.717, 1.165) is 5.69 Å². The van der Waals surface area contributed by atoms with Crippen LogP contribution in [0.15, 0.2) is 41.1 Å². The molecular formula is C11H9NO3. The van der Waals surface area contributed by atoms with Crippen LogP contribution >= 0.6 is 0 Å². The Labute approximate surface area is 86.5 Å². The van der Waals surface area contributed by atoms with Crippen molar-refractivity contribution in [3.8, 4) is 5.75 Å². The lowest BCUT2D eigenvalue weighted by molar-refractivity contribution is 0.0700. The molecule has 0 aliphatic rings. The van der Waals surface area contributed by atoms with Gasteiger partial charge >= 0.3 is 5.97 Å². The van der Waals surface area contributed by atoms with Gasteiger partial charge in [0.1, 0.15) is 5.75 Å². The van der Waals surface area contributed by atoms with Gasteiger partial charge in [0.2, 0.25) is 5.76 Å². The summed E-state index contributed by atoms with van der Waals surface area (Å²) in [7, 11) is 0. The molecule has 2 aromatic rings. The molecule has 0 spiro atoms. The largest absolute Gasteiger partial charge is 0.457 e. The van der Waals surface area contributed by atoms with Crippen molar-refractivity contribution >= 4 is 5.97 Å². The number of aromatic nitrogens is 1. The molecule has 0 bridgehead atoms. The van der Waals surface area contributed by atoms with Gasteiger partial charge in [-0.25, -0.2) is 4.79 Å². The first-order chi connectivity index (χ1) is 7.25. The summed E-state index contributed by atoms with van der Waals surface area (Å²) in [4.78, 5) is 15.4. The molecule has 2 rings (SSSR count). The quantitative estimate of drug-likeness (QED) is 0.702. The van der Waals surface area contributed by atoms with E-state index in [-0.39, 0.29) is 5.76 Å². The lowest BCUT2D eigenvalue weighted by atomic mass is 10.4. The molecule has 0 aliphatic heterocycles. The summed E-state index contributed by atoms with van der Waals surface area (Å²) in [5.41, 5.74) is 0.868. The first kappa shape index (κ1) is 9.45. The number of carbonyl (C=O) groups excluding carboxylic acids is 1. The van der Waals surface area contributed by atoms with Crippen molar-refractivity contribution in [3.63, 3.8) is 0 Å². The fourth-order valence-corrected chi connectivity index (χ4v) is 1.07. The number of esters is 1. The molecule has 0 atom stereocenters. The lowest BCUT2D eigenvalue weighted by Crippen LogP contribution is -2.07. The van der Waals surface area contributed by atoms with Crippen LogP contribution in [0.3, 0.4) is 0 Å². The van der Waals surface area contributed by atoms with Gasteiger partial charge in [0, 0.05) is 5.69 Å². The van der Waals surface area contributed by atoms with Crippen molar-refractivity contribution in [3.05, 3.63) is 48.2 Å². The Bertz CT molecular complexity index is 445. The van der Waals surface area contributed by atoms with Crippen LogP contribution in [-0.2, 0) is 0 Å². The van der Waals surface area contributed by atoms with Gasteiger partial charge in [0.05, 0.1) is 12.5 Å². The highest BCUT2D eigenvalue weighted by molar-refractivity contribution is 5.87. The smallest absolute Gasteiger partial charge is 0.379 e. The Morgan fingerprint density at radius 2 is 2.27 bits per heavy atom. The average molecular weight is 203 g/mol. The fraction of sp³-hybridized carbons (Fsp3) is 0.0909. The molecule has 0 saturated heterocycles. The van der Waals surface area contributed by atoms with Gasteiger partial charge in [-0.3, -0.25) is 4.98 Å². The van der Waals surface area contributed by atoms with Crippen LogP contribution in [0.1, 0.15) is 16.2 Å². The minimum atomic E-state index is -0.523. The van der Waals surface area contributed by atoms with E-state index in [1.165, 1.54) is 12.5 Å². The average Bonchev–Trinajstić information content (AvgIpc) is 2.74. The Morgan fingerprint density at radius 3 is 2.87 bits per heavy atom. The molecule has 0 aromatic carbocycles. The maximum absolute atomic E-state index is 11.4. The van der Waals surface area contributed by atoms with Crippen LogP contribution in [0.4, 0.5) is 0 Å². The Hall–Kier alpha value is -2.10. The van der Waals surface area contributed by atoms with Crippen molar-refractivity contribution in [1.29, 1.82) is 0 Å². The molecule has 0 radical (unpaired) electrons. The van der Waals surface area contributed by atoms with Gasteiger partial charge in [-0.1, -0.05) is 0 Å². The maximum Gasteiger partial charge on any atom is 0.379 e. The number of pyridine rings is 1. The van der Waals surface area contributed by atoms with Gasteiger partial charge < -0.3 is 9.15 Å². The lowest BCUT2D eigenvalue weighted by Gasteiger charge is -2.01. The summed E-state index contributed by atoms with van der Waals surface area (Å²) >= 11 is 0. The number of hydrogen-bond donors (Lipinski definition) is 0. The van der Waals surface area contributed by atoms with E-state index in [9.17, 15) is 4.79 Å². The number of rotatable bonds is 2. The molecular weight excluding hydrogens is 194 g/mol. The molecule has 4 heteroatoms. The van der Waals surface area contributed by atoms with E-state index >= 15 is 0 Å². The third-order valence-electron chi connectivity index (χ3n) is 1.82. The molecule has 4 nitrogen and oxygen atoms in total. The van der Waals surface area contributed by atoms with Crippen molar-refractivity contribution in [2.75, 3.05) is 0 Å². The minimum absolute atomic E-state index is 0.176. The predicted molar refractivity (Wildman–Crippen MR) is 52.6 cm³/mol. The zero-order valence-electron chi connectivity index (χ0n) is 8.14. The van der Waals surface area contributed by atoms with E-state index < -0.39 is 5.97 Å². The molecule has 76 valence electrons.